The average molecular weight is 689 g/mol. The van der Waals surface area contributed by atoms with Crippen LogP contribution in [-0.4, -0.2) is 169 Å². The Balaban J connectivity index is 0.0000137. The molecular formula is C22H37GdN5O10+. The number of rotatable bonds is 14. The fraction of sp³-hybridized carbons (Fsp3) is 0.773. The van der Waals surface area contributed by atoms with Gasteiger partial charge in [0.15, 0.2) is 0 Å². The zero-order valence-electron chi connectivity index (χ0n) is 21.6. The monoisotopic (exact) mass is 689 g/mol. The molecule has 0 aromatic rings. The maximum atomic E-state index is 13.0. The van der Waals surface area contributed by atoms with Crippen LogP contribution in [0.3, 0.4) is 0 Å². The van der Waals surface area contributed by atoms with Crippen molar-refractivity contribution >= 4 is 29.8 Å². The van der Waals surface area contributed by atoms with Crippen LogP contribution in [0, 0.1) is 39.9 Å². The Labute approximate surface area is 253 Å². The third-order valence-corrected chi connectivity index (χ3v) is 5.74. The maximum absolute atomic E-state index is 13.0. The van der Waals surface area contributed by atoms with Crippen molar-refractivity contribution in [2.24, 2.45) is 0 Å². The standard InChI is InChI=1S/C22H39N5O10.Gd/c1-2-37-12-11-27(17-22(35)36)18(28)13-23-3-5-24(14-19(29)30)7-9-26(16-21(33)34)10-8-25(6-4-23)15-20(31)32;/h2-17H2,1H3,(H,29,30)(H,31,32)(H,33,34)(H,35,36);/q;+3/p-2. The van der Waals surface area contributed by atoms with Gasteiger partial charge in [0.25, 0.3) is 0 Å². The van der Waals surface area contributed by atoms with Crippen LogP contribution in [0.2, 0.25) is 0 Å². The molecule has 1 radical (unpaired) electrons. The third kappa shape index (κ3) is 17.1. The van der Waals surface area contributed by atoms with Gasteiger partial charge in [-0.3, -0.25) is 34.0 Å². The van der Waals surface area contributed by atoms with Gasteiger partial charge in [-0.1, -0.05) is 0 Å². The summed E-state index contributed by atoms with van der Waals surface area (Å²) in [5.74, 6) is -5.30. The van der Waals surface area contributed by atoms with E-state index < -0.39 is 42.9 Å². The van der Waals surface area contributed by atoms with E-state index in [0.29, 0.717) is 6.61 Å². The molecule has 0 spiro atoms. The molecule has 0 unspecified atom stereocenters. The largest absolute Gasteiger partial charge is 3.00 e. The Morgan fingerprint density at radius 3 is 1.45 bits per heavy atom. The topological polar surface area (TPSA) is 197 Å². The number of nitrogens with zero attached hydrogens (tertiary/aromatic N) is 5. The van der Waals surface area contributed by atoms with E-state index in [1.165, 1.54) is 4.90 Å². The first-order valence-electron chi connectivity index (χ1n) is 12.1. The van der Waals surface area contributed by atoms with Gasteiger partial charge >= 0.3 is 51.9 Å². The van der Waals surface area contributed by atoms with E-state index in [1.807, 2.05) is 0 Å². The second kappa shape index (κ2) is 20.4. The van der Waals surface area contributed by atoms with E-state index in [4.69, 9.17) is 4.74 Å². The summed E-state index contributed by atoms with van der Waals surface area (Å²) >= 11 is 0. The van der Waals surface area contributed by atoms with Crippen molar-refractivity contribution < 1.29 is 89.1 Å². The van der Waals surface area contributed by atoms with E-state index in [1.54, 1.807) is 26.5 Å². The number of hydrogen-bond acceptors (Lipinski definition) is 12. The Kier molecular flexibility index (Phi) is 19.6. The van der Waals surface area contributed by atoms with E-state index in [0.717, 1.165) is 0 Å². The quantitative estimate of drug-likeness (QED) is 0.164. The number of carbonyl (C=O) groups is 5. The summed E-state index contributed by atoms with van der Waals surface area (Å²) in [6, 6.07) is 0. The van der Waals surface area contributed by atoms with Gasteiger partial charge < -0.3 is 39.7 Å². The van der Waals surface area contributed by atoms with Crippen molar-refractivity contribution in [3.05, 3.63) is 0 Å². The Morgan fingerprint density at radius 1 is 0.711 bits per heavy atom. The van der Waals surface area contributed by atoms with Crippen molar-refractivity contribution in [3.63, 3.8) is 0 Å². The molecule has 1 saturated heterocycles. The minimum Gasteiger partial charge on any atom is -0.549 e. The summed E-state index contributed by atoms with van der Waals surface area (Å²) in [5, 5.41) is 40.9. The average Bonchev–Trinajstić information content (AvgIpc) is 2.78. The summed E-state index contributed by atoms with van der Waals surface area (Å²) in [6.07, 6.45) is 0. The minimum atomic E-state index is -1.31. The molecule has 0 saturated carbocycles. The smallest absolute Gasteiger partial charge is 0.549 e. The second-order valence-corrected chi connectivity index (χ2v) is 8.65. The van der Waals surface area contributed by atoms with Crippen molar-refractivity contribution in [2.75, 3.05) is 105 Å². The number of amides is 1. The molecule has 1 aliphatic rings. The van der Waals surface area contributed by atoms with Crippen molar-refractivity contribution in [2.45, 2.75) is 6.92 Å². The van der Waals surface area contributed by atoms with Crippen molar-refractivity contribution in [1.82, 2.24) is 24.5 Å². The SMILES string of the molecule is CCOCCN(CC(=O)O)C(=O)CN1CCN(CC(=O)[O-])CCN(CC(=O)[O-])CCN(CC(=O)O)CC1.[Gd+3]. The predicted molar refractivity (Wildman–Crippen MR) is 124 cm³/mol. The van der Waals surface area contributed by atoms with Crippen molar-refractivity contribution in [1.29, 1.82) is 0 Å². The number of aliphatic carboxylic acids is 4. The van der Waals surface area contributed by atoms with Gasteiger partial charge in [0.05, 0.1) is 31.6 Å². The molecule has 0 aromatic heterocycles. The molecule has 1 heterocycles. The van der Waals surface area contributed by atoms with Crippen LogP contribution < -0.4 is 10.2 Å². The molecule has 1 fully saturated rings. The Morgan fingerprint density at radius 2 is 1.11 bits per heavy atom. The molecule has 217 valence electrons. The predicted octanol–water partition coefficient (Wildman–Crippen LogP) is -5.26. The number of hydrogen-bond donors (Lipinski definition) is 2. The van der Waals surface area contributed by atoms with Crippen molar-refractivity contribution in [3.8, 4) is 0 Å². The number of ether oxygens (including phenoxy) is 1. The van der Waals surface area contributed by atoms with Crippen LogP contribution in [0.4, 0.5) is 0 Å². The Hall–Kier alpha value is -1.53. The third-order valence-electron chi connectivity index (χ3n) is 5.74. The van der Waals surface area contributed by atoms with E-state index in [-0.39, 0.29) is 125 Å². The van der Waals surface area contributed by atoms with Crippen LogP contribution >= 0.6 is 0 Å². The van der Waals surface area contributed by atoms with Gasteiger partial charge in [0.1, 0.15) is 6.54 Å². The molecule has 1 rings (SSSR count). The maximum Gasteiger partial charge on any atom is 3.00 e. The van der Waals surface area contributed by atoms with Crippen LogP contribution in [0.25, 0.3) is 0 Å². The van der Waals surface area contributed by atoms with E-state index >= 15 is 0 Å². The van der Waals surface area contributed by atoms with Gasteiger partial charge in [0.2, 0.25) is 5.91 Å². The minimum absolute atomic E-state index is 0. The molecule has 1 amide bonds. The molecule has 16 heteroatoms. The van der Waals surface area contributed by atoms with Gasteiger partial charge in [-0.2, -0.15) is 0 Å². The molecule has 0 bridgehead atoms. The molecule has 15 nitrogen and oxygen atoms in total. The summed E-state index contributed by atoms with van der Waals surface area (Å²) in [7, 11) is 0. The van der Waals surface area contributed by atoms with Gasteiger partial charge in [-0.05, 0) is 6.92 Å². The molecule has 38 heavy (non-hydrogen) atoms. The second-order valence-electron chi connectivity index (χ2n) is 8.65. The fourth-order valence-corrected chi connectivity index (χ4v) is 3.83. The fourth-order valence-electron chi connectivity index (χ4n) is 3.83. The summed E-state index contributed by atoms with van der Waals surface area (Å²) in [6.45, 7) is 2.45. The first-order valence-corrected chi connectivity index (χ1v) is 12.1. The molecular weight excluding hydrogens is 652 g/mol. The zero-order valence-corrected chi connectivity index (χ0v) is 23.8. The molecule has 0 aliphatic carbocycles. The summed E-state index contributed by atoms with van der Waals surface area (Å²) in [5.41, 5.74) is 0. The molecule has 0 aromatic carbocycles. The van der Waals surface area contributed by atoms with Gasteiger partial charge in [-0.25, -0.2) is 0 Å². The zero-order chi connectivity index (χ0) is 27.8. The van der Waals surface area contributed by atoms with Crippen LogP contribution in [0.5, 0.6) is 0 Å². The molecule has 0 atom stereocenters. The number of carbonyl (C=O) groups excluding carboxylic acids is 3. The van der Waals surface area contributed by atoms with Gasteiger partial charge in [-0.15, -0.1) is 0 Å². The Bertz CT molecular complexity index is 743. The van der Waals surface area contributed by atoms with E-state index in [9.17, 15) is 44.4 Å². The first-order chi connectivity index (χ1) is 17.5. The van der Waals surface area contributed by atoms with Gasteiger partial charge in [0, 0.05) is 78.6 Å². The van der Waals surface area contributed by atoms with E-state index in [2.05, 4.69) is 0 Å². The number of carboxylic acid groups (broad SMARTS) is 4. The number of carboxylic acids is 4. The molecule has 2 N–H and O–H groups in total. The summed E-state index contributed by atoms with van der Waals surface area (Å²) < 4.78 is 5.24. The van der Waals surface area contributed by atoms with Crippen LogP contribution in [0.1, 0.15) is 6.92 Å². The normalized spacial score (nSPS) is 17.0. The molecule has 1 aliphatic heterocycles. The van der Waals surface area contributed by atoms with Crippen LogP contribution in [0.15, 0.2) is 0 Å². The first kappa shape index (κ1) is 36.5. The van der Waals surface area contributed by atoms with Crippen LogP contribution in [-0.2, 0) is 28.7 Å². The summed E-state index contributed by atoms with van der Waals surface area (Å²) in [4.78, 5) is 65.6.